The third-order valence-corrected chi connectivity index (χ3v) is 8.44. The van der Waals surface area contributed by atoms with E-state index in [0.29, 0.717) is 17.4 Å². The minimum Gasteiger partial charge on any atom is -0.480 e. The topological polar surface area (TPSA) is 133 Å². The Kier molecular flexibility index (Phi) is 6.24. The van der Waals surface area contributed by atoms with Crippen LogP contribution in [-0.4, -0.2) is 58.1 Å². The first-order valence-electron chi connectivity index (χ1n) is 10.00. The molecule has 0 fully saturated rings. The van der Waals surface area contributed by atoms with Crippen molar-refractivity contribution in [3.05, 3.63) is 47.6 Å². The van der Waals surface area contributed by atoms with Gasteiger partial charge in [-0.2, -0.15) is 4.31 Å². The summed E-state index contributed by atoms with van der Waals surface area (Å²) in [5, 5.41) is 21.1. The van der Waals surface area contributed by atoms with Crippen molar-refractivity contribution in [1.29, 1.82) is 0 Å². The Bertz CT molecular complexity index is 1220. The molecule has 1 aromatic carbocycles. The Labute approximate surface area is 189 Å². The molecule has 3 N–H and O–H groups in total. The van der Waals surface area contributed by atoms with E-state index in [1.165, 1.54) is 11.3 Å². The lowest BCUT2D eigenvalue weighted by Crippen LogP contribution is -2.40. The van der Waals surface area contributed by atoms with Gasteiger partial charge in [-0.3, -0.25) is 4.79 Å². The van der Waals surface area contributed by atoms with Gasteiger partial charge in [0.1, 0.15) is 6.04 Å². The van der Waals surface area contributed by atoms with Crippen LogP contribution in [0.4, 0.5) is 5.95 Å². The lowest BCUT2D eigenvalue weighted by atomic mass is 10.1. The second-order valence-corrected chi connectivity index (χ2v) is 10.2. The van der Waals surface area contributed by atoms with Gasteiger partial charge in [-0.25, -0.2) is 18.4 Å². The van der Waals surface area contributed by atoms with Crippen molar-refractivity contribution in [2.24, 2.45) is 0 Å². The van der Waals surface area contributed by atoms with Crippen LogP contribution in [0.3, 0.4) is 0 Å². The van der Waals surface area contributed by atoms with Gasteiger partial charge in [-0.05, 0) is 23.6 Å². The van der Waals surface area contributed by atoms with E-state index in [-0.39, 0.29) is 24.5 Å². The lowest BCUT2D eigenvalue weighted by molar-refractivity contribution is -0.141. The van der Waals surface area contributed by atoms with Gasteiger partial charge in [0.2, 0.25) is 16.0 Å². The van der Waals surface area contributed by atoms with Crippen molar-refractivity contribution in [3.8, 4) is 21.6 Å². The third kappa shape index (κ3) is 4.11. The highest BCUT2D eigenvalue weighted by Crippen LogP contribution is 2.42. The maximum absolute atomic E-state index is 12.9. The average Bonchev–Trinajstić information content (AvgIpc) is 3.31. The van der Waals surface area contributed by atoms with Gasteiger partial charge < -0.3 is 15.5 Å². The number of aromatic nitrogens is 2. The van der Waals surface area contributed by atoms with Crippen LogP contribution in [0, 0.1) is 0 Å². The normalized spacial score (nSPS) is 15.9. The number of carbonyl (C=O) groups is 1. The number of rotatable bonds is 8. The fraction of sp³-hybridized carbons (Fsp3) is 0.286. The first kappa shape index (κ1) is 22.3. The van der Waals surface area contributed by atoms with Crippen molar-refractivity contribution in [1.82, 2.24) is 14.3 Å². The highest BCUT2D eigenvalue weighted by Gasteiger charge is 2.43. The molecule has 9 nitrogen and oxygen atoms in total. The van der Waals surface area contributed by atoms with Gasteiger partial charge in [0.15, 0.2) is 0 Å². The Hall–Kier alpha value is -2.86. The van der Waals surface area contributed by atoms with Crippen molar-refractivity contribution in [2.75, 3.05) is 18.5 Å². The molecule has 0 spiro atoms. The van der Waals surface area contributed by atoms with E-state index in [4.69, 9.17) is 5.11 Å². The molecule has 168 valence electrons. The van der Waals surface area contributed by atoms with E-state index in [1.54, 1.807) is 25.4 Å². The number of hydrogen-bond acceptors (Lipinski definition) is 8. The second-order valence-electron chi connectivity index (χ2n) is 7.23. The number of aliphatic carboxylic acids is 1. The van der Waals surface area contributed by atoms with E-state index in [9.17, 15) is 18.3 Å². The average molecular weight is 475 g/mol. The molecule has 1 aliphatic heterocycles. The zero-order chi connectivity index (χ0) is 22.9. The molecule has 3 aromatic rings. The van der Waals surface area contributed by atoms with Crippen molar-refractivity contribution in [3.63, 3.8) is 0 Å². The highest BCUT2D eigenvalue weighted by molar-refractivity contribution is 7.89. The Morgan fingerprint density at radius 3 is 2.41 bits per heavy atom. The minimum atomic E-state index is -3.83. The van der Waals surface area contributed by atoms with Crippen LogP contribution in [0.1, 0.15) is 18.2 Å². The zero-order valence-electron chi connectivity index (χ0n) is 17.2. The van der Waals surface area contributed by atoms with Gasteiger partial charge in [-0.1, -0.05) is 31.2 Å². The van der Waals surface area contributed by atoms with E-state index in [1.807, 2.05) is 24.3 Å². The number of hydrogen-bond donors (Lipinski definition) is 3. The third-order valence-electron chi connectivity index (χ3n) is 5.23. The molecule has 1 atom stereocenters. The molecule has 1 aliphatic rings. The van der Waals surface area contributed by atoms with Crippen LogP contribution in [0.2, 0.25) is 0 Å². The zero-order valence-corrected chi connectivity index (χ0v) is 18.9. The Balaban J connectivity index is 1.54. The molecule has 32 heavy (non-hydrogen) atoms. The number of fused-ring (bicyclic) bond motifs is 1. The summed E-state index contributed by atoms with van der Waals surface area (Å²) in [7, 11) is -3.83. The molecule has 0 saturated carbocycles. The number of nitrogens with zero attached hydrogens (tertiary/aromatic N) is 3. The molecular formula is C21H22N4O5S2. The van der Waals surface area contributed by atoms with Gasteiger partial charge in [0.25, 0.3) is 0 Å². The van der Waals surface area contributed by atoms with E-state index < -0.39 is 22.0 Å². The fourth-order valence-corrected chi connectivity index (χ4v) is 6.98. The fourth-order valence-electron chi connectivity index (χ4n) is 3.58. The molecule has 11 heteroatoms. The Morgan fingerprint density at radius 1 is 1.19 bits per heavy atom. The number of aliphatic hydroxyl groups excluding tert-OH is 1. The number of benzene rings is 1. The summed E-state index contributed by atoms with van der Waals surface area (Å²) >= 11 is 1.36. The second kappa shape index (κ2) is 8.94. The molecule has 0 bridgehead atoms. The Morgan fingerprint density at radius 2 is 1.84 bits per heavy atom. The molecule has 4 rings (SSSR count). The van der Waals surface area contributed by atoms with Crippen molar-refractivity contribution >= 4 is 33.3 Å². The van der Waals surface area contributed by atoms with Crippen LogP contribution in [0.5, 0.6) is 0 Å². The maximum atomic E-state index is 12.9. The lowest BCUT2D eigenvalue weighted by Gasteiger charge is -2.21. The summed E-state index contributed by atoms with van der Waals surface area (Å²) in [4.78, 5) is 21.6. The molecular weight excluding hydrogens is 452 g/mol. The number of carboxylic acids is 1. The minimum absolute atomic E-state index is 0.00318. The standard InChI is InChI=1S/C21H22N4O5S2/c1-2-16(20(27)28)25-12-18-19(32(25,29)30)9-17(31-18)14-5-3-13(4-6-14)15-10-23-21(24-11-15)22-7-8-26/h3-6,9-11,16,26H,2,7-8,12H2,1H3,(H,27,28)(H,22,23,24). The van der Waals surface area contributed by atoms with Crippen LogP contribution in [0.25, 0.3) is 21.6 Å². The number of nitrogens with one attached hydrogen (secondary N) is 1. The monoisotopic (exact) mass is 474 g/mol. The number of carboxylic acid groups (broad SMARTS) is 1. The van der Waals surface area contributed by atoms with E-state index in [0.717, 1.165) is 25.9 Å². The maximum Gasteiger partial charge on any atom is 0.322 e. The van der Waals surface area contributed by atoms with Crippen molar-refractivity contribution < 1.29 is 23.4 Å². The molecule has 0 amide bonds. The van der Waals surface area contributed by atoms with Gasteiger partial charge in [0, 0.05) is 34.3 Å². The summed E-state index contributed by atoms with van der Waals surface area (Å²) in [6.07, 6.45) is 3.59. The number of anilines is 1. The first-order chi connectivity index (χ1) is 15.3. The van der Waals surface area contributed by atoms with E-state index in [2.05, 4.69) is 15.3 Å². The summed E-state index contributed by atoms with van der Waals surface area (Å²) in [5.41, 5.74) is 2.62. The predicted molar refractivity (Wildman–Crippen MR) is 121 cm³/mol. The SMILES string of the molecule is CCC(C(=O)O)N1Cc2sc(-c3ccc(-c4cnc(NCCO)nc4)cc3)cc2S1(=O)=O. The summed E-state index contributed by atoms with van der Waals surface area (Å²) in [6.45, 7) is 2.12. The largest absolute Gasteiger partial charge is 0.480 e. The molecule has 1 unspecified atom stereocenters. The quantitative estimate of drug-likeness (QED) is 0.454. The van der Waals surface area contributed by atoms with Crippen LogP contribution >= 0.6 is 11.3 Å². The van der Waals surface area contributed by atoms with Gasteiger partial charge in [0.05, 0.1) is 18.0 Å². The molecule has 0 saturated heterocycles. The summed E-state index contributed by atoms with van der Waals surface area (Å²) < 4.78 is 26.9. The number of thiophene rings is 1. The summed E-state index contributed by atoms with van der Waals surface area (Å²) in [5.74, 6) is -0.695. The number of aliphatic hydroxyl groups is 1. The van der Waals surface area contributed by atoms with Crippen LogP contribution < -0.4 is 5.32 Å². The van der Waals surface area contributed by atoms with Gasteiger partial charge >= 0.3 is 5.97 Å². The van der Waals surface area contributed by atoms with E-state index >= 15 is 0 Å². The highest BCUT2D eigenvalue weighted by atomic mass is 32.2. The van der Waals surface area contributed by atoms with Crippen LogP contribution in [0.15, 0.2) is 47.6 Å². The molecule has 2 aromatic heterocycles. The van der Waals surface area contributed by atoms with Crippen molar-refractivity contribution in [2.45, 2.75) is 30.8 Å². The number of sulfonamides is 1. The summed E-state index contributed by atoms with van der Waals surface area (Å²) in [6, 6.07) is 8.21. The molecule has 3 heterocycles. The molecule has 0 aliphatic carbocycles. The predicted octanol–water partition coefficient (Wildman–Crippen LogP) is 2.64. The molecule has 0 radical (unpaired) electrons. The smallest absolute Gasteiger partial charge is 0.322 e. The van der Waals surface area contributed by atoms with Crippen LogP contribution in [-0.2, 0) is 21.4 Å². The first-order valence-corrected chi connectivity index (χ1v) is 12.3. The van der Waals surface area contributed by atoms with Gasteiger partial charge in [-0.15, -0.1) is 11.3 Å².